The molecule has 3 aromatic rings. The lowest BCUT2D eigenvalue weighted by atomic mass is 9.86. The summed E-state index contributed by atoms with van der Waals surface area (Å²) in [6, 6.07) is 28.3. The van der Waals surface area contributed by atoms with Gasteiger partial charge in [0.2, 0.25) is 0 Å². The van der Waals surface area contributed by atoms with Crippen LogP contribution in [-0.4, -0.2) is 47.0 Å². The molecule has 0 unspecified atom stereocenters. The van der Waals surface area contributed by atoms with E-state index in [9.17, 15) is 9.59 Å². The first-order valence-electron chi connectivity index (χ1n) is 14.4. The molecule has 0 spiro atoms. The fourth-order valence-electron chi connectivity index (χ4n) is 5.05. The smallest absolute Gasteiger partial charge is 0.410 e. The van der Waals surface area contributed by atoms with Crippen molar-refractivity contribution in [3.8, 4) is 0 Å². The molecule has 41 heavy (non-hydrogen) atoms. The van der Waals surface area contributed by atoms with E-state index >= 15 is 0 Å². The summed E-state index contributed by atoms with van der Waals surface area (Å²) in [6.07, 6.45) is 0.873. The first-order chi connectivity index (χ1) is 19.4. The average Bonchev–Trinajstić information content (AvgIpc) is 3.40. The highest BCUT2D eigenvalue weighted by Gasteiger charge is 2.39. The number of likely N-dealkylation sites (tertiary alicyclic amines) is 1. The third-order valence-electron chi connectivity index (χ3n) is 6.86. The van der Waals surface area contributed by atoms with E-state index in [4.69, 9.17) is 14.5 Å². The Hall–Kier alpha value is -3.93. The number of ether oxygens (including phenoxy) is 2. The first kappa shape index (κ1) is 30.0. The second kappa shape index (κ2) is 12.7. The summed E-state index contributed by atoms with van der Waals surface area (Å²) >= 11 is 0. The molecule has 0 radical (unpaired) electrons. The summed E-state index contributed by atoms with van der Waals surface area (Å²) in [7, 11) is 0. The summed E-state index contributed by atoms with van der Waals surface area (Å²) in [5, 5.41) is 0. The van der Waals surface area contributed by atoms with Crippen LogP contribution in [0.2, 0.25) is 0 Å². The number of benzene rings is 3. The van der Waals surface area contributed by atoms with E-state index in [-0.39, 0.29) is 18.0 Å². The molecule has 0 aliphatic carbocycles. The molecule has 6 nitrogen and oxygen atoms in total. The Labute approximate surface area is 244 Å². The van der Waals surface area contributed by atoms with Crippen LogP contribution in [0.25, 0.3) is 0 Å². The molecular formula is C35H42N2O4. The number of carbonyl (C=O) groups is 2. The van der Waals surface area contributed by atoms with Gasteiger partial charge in [0.15, 0.2) is 0 Å². The molecule has 0 aromatic heterocycles. The highest BCUT2D eigenvalue weighted by atomic mass is 16.6. The lowest BCUT2D eigenvalue weighted by Gasteiger charge is -2.28. The molecular weight excluding hydrogens is 512 g/mol. The van der Waals surface area contributed by atoms with Crippen molar-refractivity contribution in [3.63, 3.8) is 0 Å². The van der Waals surface area contributed by atoms with Crippen molar-refractivity contribution in [2.24, 2.45) is 16.8 Å². The van der Waals surface area contributed by atoms with E-state index in [0.29, 0.717) is 25.9 Å². The number of amides is 1. The van der Waals surface area contributed by atoms with Crippen LogP contribution in [0.15, 0.2) is 89.9 Å². The van der Waals surface area contributed by atoms with Gasteiger partial charge in [-0.25, -0.2) is 9.79 Å². The molecule has 4 rings (SSSR count). The Kier molecular flexibility index (Phi) is 9.31. The highest BCUT2D eigenvalue weighted by Crippen LogP contribution is 2.31. The number of esters is 1. The van der Waals surface area contributed by atoms with Crippen LogP contribution in [0.1, 0.15) is 64.7 Å². The van der Waals surface area contributed by atoms with Gasteiger partial charge in [-0.05, 0) is 78.0 Å². The molecule has 1 aliphatic heterocycles. The first-order valence-corrected chi connectivity index (χ1v) is 14.4. The van der Waals surface area contributed by atoms with E-state index in [1.54, 1.807) is 4.90 Å². The maximum atomic E-state index is 13.5. The molecule has 0 bridgehead atoms. The Balaban J connectivity index is 1.61. The number of hydrogen-bond acceptors (Lipinski definition) is 5. The largest absolute Gasteiger partial charge is 0.460 e. The third kappa shape index (κ3) is 8.78. The lowest BCUT2D eigenvalue weighted by molar-refractivity contribution is -0.161. The molecule has 2 atom stereocenters. The van der Waals surface area contributed by atoms with Crippen molar-refractivity contribution < 1.29 is 19.1 Å². The summed E-state index contributed by atoms with van der Waals surface area (Å²) in [6.45, 7) is 12.2. The molecule has 0 N–H and O–H groups in total. The number of aliphatic imine (C=N–C) groups is 1. The highest BCUT2D eigenvalue weighted by molar-refractivity contribution is 6.13. The number of hydrogen-bond donors (Lipinski definition) is 0. The van der Waals surface area contributed by atoms with E-state index in [2.05, 4.69) is 24.3 Å². The van der Waals surface area contributed by atoms with Gasteiger partial charge in [-0.15, -0.1) is 0 Å². The van der Waals surface area contributed by atoms with Gasteiger partial charge in [-0.1, -0.05) is 72.8 Å². The Morgan fingerprint density at radius 2 is 1.41 bits per heavy atom. The molecule has 3 aromatic carbocycles. The molecule has 1 saturated heterocycles. The maximum Gasteiger partial charge on any atom is 0.410 e. The zero-order chi connectivity index (χ0) is 29.6. The van der Waals surface area contributed by atoms with E-state index < -0.39 is 17.1 Å². The van der Waals surface area contributed by atoms with Crippen LogP contribution in [0.3, 0.4) is 0 Å². The average molecular weight is 555 g/mol. The molecule has 1 fully saturated rings. The zero-order valence-corrected chi connectivity index (χ0v) is 25.1. The lowest BCUT2D eigenvalue weighted by Crippen LogP contribution is -2.38. The fraction of sp³-hybridized carbons (Fsp3) is 0.400. The third-order valence-corrected chi connectivity index (χ3v) is 6.86. The van der Waals surface area contributed by atoms with Crippen LogP contribution in [0.5, 0.6) is 0 Å². The van der Waals surface area contributed by atoms with Gasteiger partial charge >= 0.3 is 12.1 Å². The van der Waals surface area contributed by atoms with Crippen LogP contribution in [0, 0.1) is 11.8 Å². The van der Waals surface area contributed by atoms with E-state index in [1.807, 2.05) is 102 Å². The van der Waals surface area contributed by atoms with Crippen LogP contribution in [-0.2, 0) is 20.7 Å². The van der Waals surface area contributed by atoms with E-state index in [0.717, 1.165) is 28.1 Å². The van der Waals surface area contributed by atoms with Gasteiger partial charge < -0.3 is 14.4 Å². The van der Waals surface area contributed by atoms with Gasteiger partial charge in [0.1, 0.15) is 11.2 Å². The van der Waals surface area contributed by atoms with Crippen molar-refractivity contribution in [3.05, 3.63) is 102 Å². The van der Waals surface area contributed by atoms with Gasteiger partial charge in [-0.3, -0.25) is 4.79 Å². The molecule has 1 aliphatic rings. The monoisotopic (exact) mass is 554 g/mol. The molecule has 6 heteroatoms. The SMILES string of the molecule is CC(C)(C)OC(=O)[C@@H](Cc1cccc(N=C(c2ccccc2)c2ccccc2)c1)[C@H]1CCN(C(=O)OC(C)(C)C)C1. The van der Waals surface area contributed by atoms with Crippen LogP contribution < -0.4 is 0 Å². The van der Waals surface area contributed by atoms with Crippen LogP contribution in [0.4, 0.5) is 10.5 Å². The minimum atomic E-state index is -0.606. The van der Waals surface area contributed by atoms with Crippen molar-refractivity contribution >= 4 is 23.5 Å². The van der Waals surface area contributed by atoms with Crippen molar-refractivity contribution in [1.82, 2.24) is 4.90 Å². The summed E-state index contributed by atoms with van der Waals surface area (Å²) in [5.74, 6) is -0.672. The van der Waals surface area contributed by atoms with Crippen LogP contribution >= 0.6 is 0 Å². The van der Waals surface area contributed by atoms with Crippen molar-refractivity contribution in [2.45, 2.75) is 65.6 Å². The van der Waals surface area contributed by atoms with E-state index in [1.165, 1.54) is 0 Å². The maximum absolute atomic E-state index is 13.5. The minimum absolute atomic E-state index is 0.0336. The standard InChI is InChI=1S/C35H42N2O4/c1-34(2,3)40-32(38)30(28-20-21-37(24-28)33(39)41-35(4,5)6)23-25-14-13-19-29(22-25)36-31(26-15-9-7-10-16-26)27-17-11-8-12-18-27/h7-19,22,28,30H,20-21,23-24H2,1-6H3/t28-,30-/m0/s1. The van der Waals surface area contributed by atoms with Gasteiger partial charge in [0.25, 0.3) is 0 Å². The fourth-order valence-corrected chi connectivity index (χ4v) is 5.05. The molecule has 0 saturated carbocycles. The topological polar surface area (TPSA) is 68.2 Å². The van der Waals surface area contributed by atoms with Crippen molar-refractivity contribution in [2.75, 3.05) is 13.1 Å². The predicted octanol–water partition coefficient (Wildman–Crippen LogP) is 7.61. The van der Waals surface area contributed by atoms with Crippen molar-refractivity contribution in [1.29, 1.82) is 0 Å². The molecule has 1 amide bonds. The number of carbonyl (C=O) groups excluding carboxylic acids is 2. The number of nitrogens with zero attached hydrogens (tertiary/aromatic N) is 2. The second-order valence-corrected chi connectivity index (χ2v) is 12.7. The Bertz CT molecular complexity index is 1310. The Morgan fingerprint density at radius 1 is 0.829 bits per heavy atom. The van der Waals surface area contributed by atoms with Gasteiger partial charge in [-0.2, -0.15) is 0 Å². The minimum Gasteiger partial charge on any atom is -0.460 e. The van der Waals surface area contributed by atoms with Gasteiger partial charge in [0, 0.05) is 24.2 Å². The summed E-state index contributed by atoms with van der Waals surface area (Å²) < 4.78 is 11.5. The summed E-state index contributed by atoms with van der Waals surface area (Å²) in [4.78, 5) is 33.0. The second-order valence-electron chi connectivity index (χ2n) is 12.7. The van der Waals surface area contributed by atoms with Gasteiger partial charge in [0.05, 0.1) is 17.3 Å². The zero-order valence-electron chi connectivity index (χ0n) is 25.1. The normalized spacial score (nSPS) is 16.1. The molecule has 1 heterocycles. The predicted molar refractivity (Wildman–Crippen MR) is 164 cm³/mol. The quantitative estimate of drug-likeness (QED) is 0.223. The summed E-state index contributed by atoms with van der Waals surface area (Å²) in [5.41, 5.74) is 3.58. The Morgan fingerprint density at radius 3 is 1.98 bits per heavy atom. The number of rotatable bonds is 7. The molecule has 216 valence electrons.